The molecule has 0 bridgehead atoms. The number of para-hydroxylation sites is 3. The zero-order chi connectivity index (χ0) is 41.4. The van der Waals surface area contributed by atoms with Crippen LogP contribution in [0.1, 0.15) is 0 Å². The molecule has 5 nitrogen and oxygen atoms in total. The lowest BCUT2D eigenvalue weighted by Crippen LogP contribution is -2.01. The molecule has 0 unspecified atom stereocenters. The molecule has 4 aromatic heterocycles. The third-order valence-electron chi connectivity index (χ3n) is 12.4. The molecule has 0 amide bonds. The quantitative estimate of drug-likeness (QED) is 0.168. The Kier molecular flexibility index (Phi) is 8.01. The molecule has 0 aliphatic carbocycles. The minimum atomic E-state index is 0.625. The molecular weight excluding hydrogens is 787 g/mol. The van der Waals surface area contributed by atoms with Gasteiger partial charge in [-0.25, -0.2) is 15.0 Å². The second-order valence-corrected chi connectivity index (χ2v) is 17.0. The summed E-state index contributed by atoms with van der Waals surface area (Å²) in [4.78, 5) is 15.4. The molecule has 6 heteroatoms. The minimum absolute atomic E-state index is 0.625. The number of nitrogens with zero attached hydrogens (tertiary/aromatic N) is 5. The van der Waals surface area contributed by atoms with Gasteiger partial charge in [0.2, 0.25) is 0 Å². The first-order valence-electron chi connectivity index (χ1n) is 21.2. The predicted octanol–water partition coefficient (Wildman–Crippen LogP) is 15.1. The van der Waals surface area contributed by atoms with Crippen molar-refractivity contribution in [3.8, 4) is 56.7 Å². The van der Waals surface area contributed by atoms with Crippen LogP contribution in [-0.2, 0) is 0 Å². The van der Waals surface area contributed by atoms with E-state index in [4.69, 9.17) is 15.0 Å². The lowest BCUT2D eigenvalue weighted by molar-refractivity contribution is 1.07. The fourth-order valence-electron chi connectivity index (χ4n) is 9.55. The van der Waals surface area contributed by atoms with Crippen molar-refractivity contribution in [1.82, 2.24) is 24.1 Å². The Morgan fingerprint density at radius 2 is 0.698 bits per heavy atom. The van der Waals surface area contributed by atoms with E-state index in [2.05, 4.69) is 191 Å². The van der Waals surface area contributed by atoms with Gasteiger partial charge in [-0.05, 0) is 59.7 Å². The third-order valence-corrected chi connectivity index (χ3v) is 13.6. The molecule has 294 valence electrons. The number of benzene rings is 9. The number of rotatable bonds is 6. The van der Waals surface area contributed by atoms with Crippen LogP contribution in [0.5, 0.6) is 0 Å². The van der Waals surface area contributed by atoms with Gasteiger partial charge >= 0.3 is 0 Å². The molecule has 13 aromatic rings. The normalized spacial score (nSPS) is 11.8. The molecule has 0 N–H and O–H groups in total. The zero-order valence-electron chi connectivity index (χ0n) is 33.9. The van der Waals surface area contributed by atoms with E-state index in [1.165, 1.54) is 63.8 Å². The van der Waals surface area contributed by atoms with E-state index in [0.29, 0.717) is 17.5 Å². The smallest absolute Gasteiger partial charge is 0.164 e. The maximum Gasteiger partial charge on any atom is 0.164 e. The first kappa shape index (κ1) is 35.6. The summed E-state index contributed by atoms with van der Waals surface area (Å²) in [6.07, 6.45) is 0. The summed E-state index contributed by atoms with van der Waals surface area (Å²) in [5, 5.41) is 7.52. The van der Waals surface area contributed by atoms with Crippen molar-refractivity contribution >= 4 is 75.1 Å². The van der Waals surface area contributed by atoms with E-state index >= 15 is 0 Å². The third kappa shape index (κ3) is 5.59. The topological polar surface area (TPSA) is 48.5 Å². The van der Waals surface area contributed by atoms with E-state index < -0.39 is 0 Å². The Balaban J connectivity index is 1.01. The van der Waals surface area contributed by atoms with Crippen LogP contribution in [0.25, 0.3) is 120 Å². The Labute approximate surface area is 366 Å². The molecule has 0 fully saturated rings. The van der Waals surface area contributed by atoms with Gasteiger partial charge < -0.3 is 9.13 Å². The van der Waals surface area contributed by atoms with Gasteiger partial charge in [0.1, 0.15) is 0 Å². The highest BCUT2D eigenvalue weighted by molar-refractivity contribution is 7.27. The highest BCUT2D eigenvalue weighted by atomic mass is 32.1. The lowest BCUT2D eigenvalue weighted by Gasteiger charge is -2.13. The summed E-state index contributed by atoms with van der Waals surface area (Å²) >= 11 is 1.90. The summed E-state index contributed by atoms with van der Waals surface area (Å²) in [5.41, 5.74) is 12.1. The minimum Gasteiger partial charge on any atom is -0.308 e. The first-order valence-corrected chi connectivity index (χ1v) is 22.0. The van der Waals surface area contributed by atoms with Gasteiger partial charge in [0.15, 0.2) is 17.5 Å². The lowest BCUT2D eigenvalue weighted by atomic mass is 9.99. The van der Waals surface area contributed by atoms with E-state index in [9.17, 15) is 0 Å². The van der Waals surface area contributed by atoms with Gasteiger partial charge in [-0.2, -0.15) is 0 Å². The zero-order valence-corrected chi connectivity index (χ0v) is 34.7. The number of hydrogen-bond acceptors (Lipinski definition) is 4. The summed E-state index contributed by atoms with van der Waals surface area (Å²) in [6, 6.07) is 75.3. The average molecular weight is 822 g/mol. The molecule has 0 saturated heterocycles. The molecule has 0 radical (unpaired) electrons. The molecule has 0 spiro atoms. The summed E-state index contributed by atoms with van der Waals surface area (Å²) in [7, 11) is 0. The van der Waals surface area contributed by atoms with E-state index in [0.717, 1.165) is 39.2 Å². The summed E-state index contributed by atoms with van der Waals surface area (Å²) < 4.78 is 7.45. The van der Waals surface area contributed by atoms with Crippen LogP contribution in [0.4, 0.5) is 0 Å². The average Bonchev–Trinajstić information content (AvgIpc) is 4.03. The summed E-state index contributed by atoms with van der Waals surface area (Å²) in [6.45, 7) is 0. The number of fused-ring (bicyclic) bond motifs is 11. The van der Waals surface area contributed by atoms with Crippen LogP contribution in [-0.4, -0.2) is 24.1 Å². The standard InChI is InChI=1S/C57H35N5S/c1-4-16-36(17-5-1)41-22-10-11-25-48(41)57-59-55(37-18-6-2-7-19-37)58-56(60-57)38-28-30-40(31-29-38)62-50-27-15-13-24-43(50)45-33-35-47-46-34-32-44-42-23-12-14-26-49(42)61(39-20-8-3-9-21-39)51(44)53(46)63-54(47)52(45)62/h1-35H. The predicted molar refractivity (Wildman–Crippen MR) is 263 cm³/mol. The Bertz CT molecular complexity index is 3890. The maximum atomic E-state index is 5.18. The molecule has 4 heterocycles. The second kappa shape index (κ2) is 14.2. The molecule has 13 rings (SSSR count). The molecule has 9 aromatic carbocycles. The van der Waals surface area contributed by atoms with Crippen LogP contribution in [0, 0.1) is 0 Å². The molecule has 0 aliphatic heterocycles. The van der Waals surface area contributed by atoms with Crippen LogP contribution < -0.4 is 0 Å². The van der Waals surface area contributed by atoms with Crippen LogP contribution >= 0.6 is 11.3 Å². The maximum absolute atomic E-state index is 5.18. The monoisotopic (exact) mass is 821 g/mol. The fourth-order valence-corrected chi connectivity index (χ4v) is 10.9. The van der Waals surface area contributed by atoms with Gasteiger partial charge in [-0.15, -0.1) is 11.3 Å². The SMILES string of the molecule is c1ccc(-c2nc(-c3ccc(-n4c5ccccc5c5ccc6c7ccc8c9ccccc9n(-c9ccccc9)c8c7sc6c54)cc3)nc(-c3ccccc3-c3ccccc3)n2)cc1. The van der Waals surface area contributed by atoms with E-state index in [1.807, 2.05) is 41.7 Å². The van der Waals surface area contributed by atoms with Gasteiger partial charge in [0.25, 0.3) is 0 Å². The van der Waals surface area contributed by atoms with Gasteiger partial charge in [-0.3, -0.25) is 0 Å². The van der Waals surface area contributed by atoms with Crippen molar-refractivity contribution in [2.75, 3.05) is 0 Å². The van der Waals surface area contributed by atoms with Crippen molar-refractivity contribution in [1.29, 1.82) is 0 Å². The summed E-state index contributed by atoms with van der Waals surface area (Å²) in [5.74, 6) is 1.90. The molecular formula is C57H35N5S. The second-order valence-electron chi connectivity index (χ2n) is 16.0. The largest absolute Gasteiger partial charge is 0.308 e. The van der Waals surface area contributed by atoms with E-state index in [-0.39, 0.29) is 0 Å². The van der Waals surface area contributed by atoms with Crippen molar-refractivity contribution in [2.24, 2.45) is 0 Å². The first-order chi connectivity index (χ1) is 31.3. The molecule has 0 saturated carbocycles. The van der Waals surface area contributed by atoms with Crippen molar-refractivity contribution in [2.45, 2.75) is 0 Å². The highest BCUT2D eigenvalue weighted by Crippen LogP contribution is 2.47. The van der Waals surface area contributed by atoms with Crippen LogP contribution in [0.2, 0.25) is 0 Å². The molecule has 63 heavy (non-hydrogen) atoms. The van der Waals surface area contributed by atoms with Crippen molar-refractivity contribution in [3.63, 3.8) is 0 Å². The number of thiophene rings is 1. The Hall–Kier alpha value is -8.19. The Morgan fingerprint density at radius 3 is 1.27 bits per heavy atom. The van der Waals surface area contributed by atoms with Crippen molar-refractivity contribution in [3.05, 3.63) is 212 Å². The molecule has 0 aliphatic rings. The van der Waals surface area contributed by atoms with Gasteiger partial charge in [0.05, 0.1) is 31.5 Å². The van der Waals surface area contributed by atoms with Gasteiger partial charge in [-0.1, -0.05) is 164 Å². The van der Waals surface area contributed by atoms with Crippen LogP contribution in [0.3, 0.4) is 0 Å². The highest BCUT2D eigenvalue weighted by Gasteiger charge is 2.22. The van der Waals surface area contributed by atoms with Crippen molar-refractivity contribution < 1.29 is 0 Å². The number of hydrogen-bond donors (Lipinski definition) is 0. The van der Waals surface area contributed by atoms with Crippen LogP contribution in [0.15, 0.2) is 212 Å². The van der Waals surface area contributed by atoms with E-state index in [1.54, 1.807) is 0 Å². The molecule has 0 atom stereocenters. The number of aromatic nitrogens is 5. The Morgan fingerprint density at radius 1 is 0.286 bits per heavy atom. The fraction of sp³-hybridized carbons (Fsp3) is 0. The van der Waals surface area contributed by atoms with Gasteiger partial charge in [0, 0.05) is 60.4 Å².